The SMILES string of the molecule is CC(CC(=O)N1CCC(F)(C(=O)O)C1)c1cccc(C(F)(F)F)c1. The molecular weight excluding hydrogens is 330 g/mol. The molecule has 1 amide bonds. The van der Waals surface area contributed by atoms with E-state index in [1.54, 1.807) is 6.92 Å². The van der Waals surface area contributed by atoms with Gasteiger partial charge in [-0.25, -0.2) is 9.18 Å². The predicted molar refractivity (Wildman–Crippen MR) is 77.1 cm³/mol. The van der Waals surface area contributed by atoms with Crippen LogP contribution in [0, 0.1) is 0 Å². The number of carbonyl (C=O) groups is 2. The number of halogens is 4. The highest BCUT2D eigenvalue weighted by Crippen LogP contribution is 2.32. The molecule has 4 nitrogen and oxygen atoms in total. The van der Waals surface area contributed by atoms with Crippen LogP contribution in [0.4, 0.5) is 17.6 Å². The fourth-order valence-electron chi connectivity index (χ4n) is 2.69. The summed E-state index contributed by atoms with van der Waals surface area (Å²) in [5.74, 6) is -2.58. The van der Waals surface area contributed by atoms with Crippen LogP contribution >= 0.6 is 0 Å². The average Bonchev–Trinajstić information content (AvgIpc) is 2.90. The summed E-state index contributed by atoms with van der Waals surface area (Å²) in [5.41, 5.74) is -2.90. The lowest BCUT2D eigenvalue weighted by Gasteiger charge is -2.20. The first-order chi connectivity index (χ1) is 11.0. The smallest absolute Gasteiger partial charge is 0.416 e. The number of hydrogen-bond acceptors (Lipinski definition) is 2. The maximum atomic E-state index is 14.0. The second kappa shape index (κ2) is 6.41. The summed E-state index contributed by atoms with van der Waals surface area (Å²) >= 11 is 0. The van der Waals surface area contributed by atoms with Crippen molar-refractivity contribution in [3.05, 3.63) is 35.4 Å². The summed E-state index contributed by atoms with van der Waals surface area (Å²) in [4.78, 5) is 24.1. The quantitative estimate of drug-likeness (QED) is 0.851. The van der Waals surface area contributed by atoms with E-state index in [2.05, 4.69) is 0 Å². The van der Waals surface area contributed by atoms with Crippen LogP contribution in [0.5, 0.6) is 0 Å². The van der Waals surface area contributed by atoms with Crippen molar-refractivity contribution >= 4 is 11.9 Å². The van der Waals surface area contributed by atoms with Gasteiger partial charge in [-0.15, -0.1) is 0 Å². The molecule has 0 aliphatic carbocycles. The summed E-state index contributed by atoms with van der Waals surface area (Å²) in [6.45, 7) is 1.05. The van der Waals surface area contributed by atoms with E-state index in [9.17, 15) is 27.2 Å². The van der Waals surface area contributed by atoms with Crippen LogP contribution < -0.4 is 0 Å². The van der Waals surface area contributed by atoms with Crippen molar-refractivity contribution in [3.8, 4) is 0 Å². The molecule has 2 rings (SSSR count). The predicted octanol–water partition coefficient (Wildman–Crippen LogP) is 3.22. The lowest BCUT2D eigenvalue weighted by molar-refractivity contribution is -0.150. The molecule has 24 heavy (non-hydrogen) atoms. The number of hydrogen-bond donors (Lipinski definition) is 1. The summed E-state index contributed by atoms with van der Waals surface area (Å²) in [6, 6.07) is 4.70. The highest BCUT2D eigenvalue weighted by atomic mass is 19.4. The molecule has 0 bridgehead atoms. The Labute approximate surface area is 136 Å². The van der Waals surface area contributed by atoms with Gasteiger partial charge >= 0.3 is 12.1 Å². The van der Waals surface area contributed by atoms with Gasteiger partial charge < -0.3 is 10.0 Å². The van der Waals surface area contributed by atoms with E-state index in [0.29, 0.717) is 5.56 Å². The molecule has 0 saturated carbocycles. The van der Waals surface area contributed by atoms with Crippen LogP contribution in [0.1, 0.15) is 36.8 Å². The minimum atomic E-state index is -4.47. The van der Waals surface area contributed by atoms with Gasteiger partial charge in [-0.05, 0) is 17.5 Å². The number of aliphatic carboxylic acids is 1. The van der Waals surface area contributed by atoms with Gasteiger partial charge in [0.15, 0.2) is 0 Å². The first kappa shape index (κ1) is 18.2. The average molecular weight is 347 g/mol. The first-order valence-electron chi connectivity index (χ1n) is 7.40. The number of nitrogens with zero attached hydrogens (tertiary/aromatic N) is 1. The van der Waals surface area contributed by atoms with E-state index < -0.39 is 41.7 Å². The van der Waals surface area contributed by atoms with E-state index in [0.717, 1.165) is 17.0 Å². The molecule has 1 aromatic carbocycles. The van der Waals surface area contributed by atoms with Crippen LogP contribution in [0.15, 0.2) is 24.3 Å². The molecule has 2 atom stereocenters. The first-order valence-corrected chi connectivity index (χ1v) is 7.40. The Hall–Kier alpha value is -2.12. The Kier molecular flexibility index (Phi) is 4.87. The molecule has 1 aromatic rings. The molecular formula is C16H17F4NO3. The number of carboxylic acids is 1. The van der Waals surface area contributed by atoms with Gasteiger partial charge in [0.05, 0.1) is 12.1 Å². The Balaban J connectivity index is 2.04. The largest absolute Gasteiger partial charge is 0.479 e. The van der Waals surface area contributed by atoms with Gasteiger partial charge in [-0.3, -0.25) is 4.79 Å². The van der Waals surface area contributed by atoms with Crippen molar-refractivity contribution in [2.75, 3.05) is 13.1 Å². The number of carboxylic acid groups (broad SMARTS) is 1. The molecule has 1 N–H and O–H groups in total. The minimum absolute atomic E-state index is 0.0169. The Morgan fingerprint density at radius 2 is 2.04 bits per heavy atom. The van der Waals surface area contributed by atoms with Gasteiger partial charge in [-0.2, -0.15) is 13.2 Å². The monoisotopic (exact) mass is 347 g/mol. The number of likely N-dealkylation sites (tertiary alicyclic amines) is 1. The fourth-order valence-corrected chi connectivity index (χ4v) is 2.69. The van der Waals surface area contributed by atoms with E-state index in [1.165, 1.54) is 12.1 Å². The van der Waals surface area contributed by atoms with Crippen LogP contribution in [0.2, 0.25) is 0 Å². The lowest BCUT2D eigenvalue weighted by Crippen LogP contribution is -2.39. The van der Waals surface area contributed by atoms with Crippen molar-refractivity contribution in [1.82, 2.24) is 4.90 Å². The van der Waals surface area contributed by atoms with Gasteiger partial charge in [0.2, 0.25) is 11.6 Å². The van der Waals surface area contributed by atoms with Gasteiger partial charge in [0.25, 0.3) is 0 Å². The topological polar surface area (TPSA) is 57.6 Å². The third-order valence-corrected chi connectivity index (χ3v) is 4.22. The molecule has 132 valence electrons. The molecule has 2 unspecified atom stereocenters. The van der Waals surface area contributed by atoms with Crippen molar-refractivity contribution in [1.29, 1.82) is 0 Å². The zero-order valence-electron chi connectivity index (χ0n) is 12.9. The highest BCUT2D eigenvalue weighted by molar-refractivity contribution is 5.82. The van der Waals surface area contributed by atoms with Crippen LogP contribution in [-0.2, 0) is 15.8 Å². The van der Waals surface area contributed by atoms with E-state index in [4.69, 9.17) is 5.11 Å². The zero-order valence-corrected chi connectivity index (χ0v) is 12.9. The highest BCUT2D eigenvalue weighted by Gasteiger charge is 2.46. The number of carbonyl (C=O) groups excluding carboxylic acids is 1. The third-order valence-electron chi connectivity index (χ3n) is 4.22. The van der Waals surface area contributed by atoms with Crippen molar-refractivity contribution in [2.45, 2.75) is 37.5 Å². The van der Waals surface area contributed by atoms with Gasteiger partial charge in [-0.1, -0.05) is 25.1 Å². The molecule has 0 aromatic heterocycles. The number of benzene rings is 1. The van der Waals surface area contributed by atoms with Crippen molar-refractivity contribution in [3.63, 3.8) is 0 Å². The summed E-state index contributed by atoms with van der Waals surface area (Å²) in [5, 5.41) is 8.82. The van der Waals surface area contributed by atoms with E-state index in [1.807, 2.05) is 0 Å². The summed E-state index contributed by atoms with van der Waals surface area (Å²) < 4.78 is 52.2. The van der Waals surface area contributed by atoms with Gasteiger partial charge in [0, 0.05) is 19.4 Å². The number of amides is 1. The number of rotatable bonds is 4. The Morgan fingerprint density at radius 1 is 1.38 bits per heavy atom. The number of alkyl halides is 4. The summed E-state index contributed by atoms with van der Waals surface area (Å²) in [7, 11) is 0. The standard InChI is InChI=1S/C16H17F4NO3/c1-10(11-3-2-4-12(8-11)16(18,19)20)7-13(22)21-6-5-15(17,9-21)14(23)24/h2-4,8,10H,5-7,9H2,1H3,(H,23,24). The second-order valence-corrected chi connectivity index (χ2v) is 6.06. The van der Waals surface area contributed by atoms with Crippen molar-refractivity contribution in [2.24, 2.45) is 0 Å². The molecule has 1 heterocycles. The molecule has 0 radical (unpaired) electrons. The molecule has 1 aliphatic rings. The molecule has 1 fully saturated rings. The second-order valence-electron chi connectivity index (χ2n) is 6.06. The van der Waals surface area contributed by atoms with Crippen LogP contribution in [0.3, 0.4) is 0 Å². The van der Waals surface area contributed by atoms with Gasteiger partial charge in [0.1, 0.15) is 0 Å². The lowest BCUT2D eigenvalue weighted by atomic mass is 9.95. The summed E-state index contributed by atoms with van der Waals surface area (Å²) in [6.07, 6.45) is -4.87. The fraction of sp³-hybridized carbons (Fsp3) is 0.500. The normalized spacial score (nSPS) is 22.5. The Bertz CT molecular complexity index is 646. The third kappa shape index (κ3) is 3.85. The molecule has 0 spiro atoms. The van der Waals surface area contributed by atoms with Crippen LogP contribution in [-0.4, -0.2) is 40.6 Å². The van der Waals surface area contributed by atoms with E-state index in [-0.39, 0.29) is 19.4 Å². The van der Waals surface area contributed by atoms with Crippen LogP contribution in [0.25, 0.3) is 0 Å². The zero-order chi connectivity index (χ0) is 18.1. The maximum absolute atomic E-state index is 14.0. The molecule has 1 aliphatic heterocycles. The molecule has 1 saturated heterocycles. The Morgan fingerprint density at radius 3 is 2.58 bits per heavy atom. The van der Waals surface area contributed by atoms with Crippen molar-refractivity contribution < 1.29 is 32.3 Å². The van der Waals surface area contributed by atoms with E-state index >= 15 is 0 Å². The minimum Gasteiger partial charge on any atom is -0.479 e. The maximum Gasteiger partial charge on any atom is 0.416 e. The molecule has 8 heteroatoms.